The van der Waals surface area contributed by atoms with Crippen molar-refractivity contribution in [1.82, 2.24) is 0 Å². The van der Waals surface area contributed by atoms with Gasteiger partial charge in [-0.3, -0.25) is 0 Å². The molecule has 3 heteroatoms. The van der Waals surface area contributed by atoms with Crippen molar-refractivity contribution in [3.05, 3.63) is 69.0 Å². The van der Waals surface area contributed by atoms with E-state index in [1.54, 1.807) is 13.0 Å². The van der Waals surface area contributed by atoms with Crippen molar-refractivity contribution in [2.24, 2.45) is 0 Å². The van der Waals surface area contributed by atoms with Crippen LogP contribution in [0.2, 0.25) is 5.02 Å². The second-order valence-corrected chi connectivity index (χ2v) is 6.21. The molecule has 3 rings (SSSR count). The Morgan fingerprint density at radius 3 is 2.65 bits per heavy atom. The van der Waals surface area contributed by atoms with Gasteiger partial charge in [-0.1, -0.05) is 29.8 Å². The zero-order valence-corrected chi connectivity index (χ0v) is 12.7. The van der Waals surface area contributed by atoms with Crippen LogP contribution in [0.15, 0.2) is 30.3 Å². The monoisotopic (exact) mass is 308 g/mol. The molecule has 0 heterocycles. The Morgan fingerprint density at radius 1 is 1.10 bits per heavy atom. The molecule has 1 unspecified atom stereocenters. The highest BCUT2D eigenvalue weighted by atomic mass is 35.5. The molecule has 0 spiro atoms. The fourth-order valence-corrected chi connectivity index (χ4v) is 3.43. The third-order valence-electron chi connectivity index (χ3n) is 3.97. The van der Waals surface area contributed by atoms with E-state index in [4.69, 9.17) is 23.2 Å². The number of halogens is 3. The summed E-state index contributed by atoms with van der Waals surface area (Å²) < 4.78 is 13.5. The minimum Gasteiger partial charge on any atom is -0.207 e. The third kappa shape index (κ3) is 2.45. The number of hydrogen-bond acceptors (Lipinski definition) is 0. The highest BCUT2D eigenvalue weighted by Crippen LogP contribution is 2.36. The Hall–Kier alpha value is -1.05. The van der Waals surface area contributed by atoms with Crippen LogP contribution >= 0.6 is 23.2 Å². The third-order valence-corrected chi connectivity index (χ3v) is 4.78. The van der Waals surface area contributed by atoms with Crippen molar-refractivity contribution in [1.29, 1.82) is 0 Å². The predicted molar refractivity (Wildman–Crippen MR) is 82.3 cm³/mol. The summed E-state index contributed by atoms with van der Waals surface area (Å²) in [5.74, 6) is -0.295. The molecule has 2 aromatic rings. The van der Waals surface area contributed by atoms with E-state index in [0.29, 0.717) is 10.6 Å². The molecule has 104 valence electrons. The minimum atomic E-state index is -0.340. The van der Waals surface area contributed by atoms with Crippen LogP contribution in [-0.4, -0.2) is 0 Å². The Balaban J connectivity index is 2.00. The zero-order chi connectivity index (χ0) is 14.3. The highest BCUT2D eigenvalue weighted by molar-refractivity contribution is 6.33. The van der Waals surface area contributed by atoms with Gasteiger partial charge < -0.3 is 0 Å². The molecular formula is C17H15Cl2F. The van der Waals surface area contributed by atoms with E-state index >= 15 is 0 Å². The first-order valence-electron chi connectivity index (χ1n) is 6.77. The van der Waals surface area contributed by atoms with Gasteiger partial charge in [-0.15, -0.1) is 11.6 Å². The fraction of sp³-hybridized carbons (Fsp3) is 0.294. The quantitative estimate of drug-likeness (QED) is 0.633. The molecule has 0 bridgehead atoms. The van der Waals surface area contributed by atoms with Gasteiger partial charge in [0, 0.05) is 5.02 Å². The van der Waals surface area contributed by atoms with E-state index in [9.17, 15) is 4.39 Å². The van der Waals surface area contributed by atoms with Crippen molar-refractivity contribution < 1.29 is 4.39 Å². The van der Waals surface area contributed by atoms with Gasteiger partial charge >= 0.3 is 0 Å². The number of aryl methyl sites for hydroxylation is 3. The first kappa shape index (κ1) is 13.9. The molecule has 2 aromatic carbocycles. The molecule has 1 aliphatic rings. The topological polar surface area (TPSA) is 0 Å². The normalized spacial score (nSPS) is 15.2. The van der Waals surface area contributed by atoms with Gasteiger partial charge in [-0.05, 0) is 66.1 Å². The highest BCUT2D eigenvalue weighted by Gasteiger charge is 2.19. The van der Waals surface area contributed by atoms with Crippen LogP contribution in [0.3, 0.4) is 0 Å². The first-order valence-corrected chi connectivity index (χ1v) is 7.59. The number of alkyl halides is 1. The summed E-state index contributed by atoms with van der Waals surface area (Å²) in [7, 11) is 0. The lowest BCUT2D eigenvalue weighted by atomic mass is 9.99. The van der Waals surface area contributed by atoms with Crippen molar-refractivity contribution in [3.63, 3.8) is 0 Å². The van der Waals surface area contributed by atoms with Crippen molar-refractivity contribution >= 4 is 23.2 Å². The van der Waals surface area contributed by atoms with Crippen LogP contribution in [0.1, 0.15) is 39.6 Å². The summed E-state index contributed by atoms with van der Waals surface area (Å²) in [6, 6.07) is 9.45. The summed E-state index contributed by atoms with van der Waals surface area (Å²) in [6.07, 6.45) is 3.48. The van der Waals surface area contributed by atoms with Gasteiger partial charge in [0.2, 0.25) is 0 Å². The van der Waals surface area contributed by atoms with Crippen LogP contribution in [-0.2, 0) is 12.8 Å². The molecule has 0 saturated carbocycles. The van der Waals surface area contributed by atoms with E-state index in [2.05, 4.69) is 18.2 Å². The predicted octanol–water partition coefficient (Wildman–Crippen LogP) is 5.60. The fourth-order valence-electron chi connectivity index (χ4n) is 2.80. The number of benzene rings is 2. The SMILES string of the molecule is Cc1cc(C(Cl)c2ccc3c(c2)CCC3)c(Cl)cc1F. The van der Waals surface area contributed by atoms with E-state index in [1.165, 1.54) is 23.6 Å². The van der Waals surface area contributed by atoms with Gasteiger partial charge in [0.15, 0.2) is 0 Å². The molecule has 0 nitrogen and oxygen atoms in total. The number of fused-ring (bicyclic) bond motifs is 1. The summed E-state index contributed by atoms with van der Waals surface area (Å²) in [5.41, 5.74) is 5.16. The lowest BCUT2D eigenvalue weighted by Gasteiger charge is -2.15. The van der Waals surface area contributed by atoms with Gasteiger partial charge in [-0.25, -0.2) is 4.39 Å². The molecule has 0 saturated heterocycles. The molecule has 0 amide bonds. The lowest BCUT2D eigenvalue weighted by molar-refractivity contribution is 0.618. The van der Waals surface area contributed by atoms with E-state index < -0.39 is 0 Å². The average Bonchev–Trinajstić information content (AvgIpc) is 2.89. The molecule has 0 fully saturated rings. The van der Waals surface area contributed by atoms with E-state index in [-0.39, 0.29) is 11.2 Å². The second-order valence-electron chi connectivity index (χ2n) is 5.37. The van der Waals surface area contributed by atoms with E-state index in [0.717, 1.165) is 24.0 Å². The van der Waals surface area contributed by atoms with Crippen LogP contribution < -0.4 is 0 Å². The summed E-state index contributed by atoms with van der Waals surface area (Å²) in [6.45, 7) is 1.72. The maximum absolute atomic E-state index is 13.5. The van der Waals surface area contributed by atoms with Crippen molar-refractivity contribution in [3.8, 4) is 0 Å². The number of rotatable bonds is 2. The van der Waals surface area contributed by atoms with Gasteiger partial charge in [0.25, 0.3) is 0 Å². The molecule has 0 aromatic heterocycles. The van der Waals surface area contributed by atoms with Crippen LogP contribution in [0, 0.1) is 12.7 Å². The Bertz CT molecular complexity index is 664. The summed E-state index contributed by atoms with van der Waals surface area (Å²) >= 11 is 12.7. The molecule has 1 aliphatic carbocycles. The average molecular weight is 309 g/mol. The van der Waals surface area contributed by atoms with E-state index in [1.807, 2.05) is 0 Å². The summed E-state index contributed by atoms with van der Waals surface area (Å²) in [4.78, 5) is 0. The molecule has 1 atom stereocenters. The second kappa shape index (κ2) is 5.38. The van der Waals surface area contributed by atoms with Crippen LogP contribution in [0.4, 0.5) is 4.39 Å². The maximum atomic E-state index is 13.5. The Kier molecular flexibility index (Phi) is 3.74. The molecular weight excluding hydrogens is 294 g/mol. The lowest BCUT2D eigenvalue weighted by Crippen LogP contribution is -1.98. The minimum absolute atomic E-state index is 0.295. The molecule has 20 heavy (non-hydrogen) atoms. The molecule has 0 N–H and O–H groups in total. The van der Waals surface area contributed by atoms with Gasteiger partial charge in [0.1, 0.15) is 5.82 Å². The first-order chi connectivity index (χ1) is 9.56. The zero-order valence-electron chi connectivity index (χ0n) is 11.2. The van der Waals surface area contributed by atoms with Crippen molar-refractivity contribution in [2.75, 3.05) is 0 Å². The molecule has 0 aliphatic heterocycles. The van der Waals surface area contributed by atoms with Gasteiger partial charge in [0.05, 0.1) is 5.38 Å². The van der Waals surface area contributed by atoms with Gasteiger partial charge in [-0.2, -0.15) is 0 Å². The Labute approximate surface area is 128 Å². The number of hydrogen-bond donors (Lipinski definition) is 0. The van der Waals surface area contributed by atoms with Crippen LogP contribution in [0.25, 0.3) is 0 Å². The van der Waals surface area contributed by atoms with Crippen molar-refractivity contribution in [2.45, 2.75) is 31.6 Å². The Morgan fingerprint density at radius 2 is 1.85 bits per heavy atom. The smallest absolute Gasteiger partial charge is 0.127 e. The largest absolute Gasteiger partial charge is 0.207 e. The summed E-state index contributed by atoms with van der Waals surface area (Å²) in [5, 5.41) is 0.0429. The molecule has 0 radical (unpaired) electrons. The maximum Gasteiger partial charge on any atom is 0.127 e. The van der Waals surface area contributed by atoms with Crippen LogP contribution in [0.5, 0.6) is 0 Å². The standard InChI is InChI=1S/C17H15Cl2F/c1-10-7-14(15(18)9-16(10)20)17(19)13-6-5-11-3-2-4-12(11)8-13/h5-9,17H,2-4H2,1H3.